The molecule has 3 fully saturated rings. The van der Waals surface area contributed by atoms with E-state index in [1.807, 2.05) is 42.3 Å². The molecule has 8 nitrogen and oxygen atoms in total. The van der Waals surface area contributed by atoms with Crippen LogP contribution < -0.4 is 4.90 Å². The Morgan fingerprint density at radius 3 is 2.28 bits per heavy atom. The minimum absolute atomic E-state index is 0.0322. The van der Waals surface area contributed by atoms with E-state index in [2.05, 4.69) is 16.8 Å². The number of hydrogen-bond acceptors (Lipinski definition) is 5. The van der Waals surface area contributed by atoms with Crippen LogP contribution in [0, 0.1) is 0 Å². The van der Waals surface area contributed by atoms with Crippen molar-refractivity contribution in [1.82, 2.24) is 19.6 Å². The summed E-state index contributed by atoms with van der Waals surface area (Å²) in [5.74, 6) is -0.208. The van der Waals surface area contributed by atoms with E-state index in [1.54, 1.807) is 28.0 Å². The van der Waals surface area contributed by atoms with Gasteiger partial charge in [0.25, 0.3) is 11.8 Å². The van der Waals surface area contributed by atoms with Crippen molar-refractivity contribution in [1.29, 1.82) is 0 Å². The number of anilines is 1. The van der Waals surface area contributed by atoms with Gasteiger partial charge in [0.2, 0.25) is 5.91 Å². The lowest BCUT2D eigenvalue weighted by Crippen LogP contribution is -2.57. The Morgan fingerprint density at radius 1 is 0.974 bits per heavy atom. The highest BCUT2D eigenvalue weighted by molar-refractivity contribution is 6.42. The molecule has 0 N–H and O–H groups in total. The van der Waals surface area contributed by atoms with E-state index in [0.717, 1.165) is 31.6 Å². The second-order valence-electron chi connectivity index (χ2n) is 10.9. The number of halogens is 2. The summed E-state index contributed by atoms with van der Waals surface area (Å²) in [5, 5.41) is 0.736. The van der Waals surface area contributed by atoms with Gasteiger partial charge in [-0.05, 0) is 76.2 Å². The third-order valence-corrected chi connectivity index (χ3v) is 9.32. The standard InChI is InChI=1S/C29H35Cl2N5O3/c1-32-14-10-22(11-15-32)33(2)26(37)19-35-20-36(23-6-4-3-5-7-23)29(28(35)39)12-16-34(17-13-29)27(38)21-8-9-24(30)25(31)18-21/h3-9,18,22H,10-17,19-20H2,1-2H3. The summed E-state index contributed by atoms with van der Waals surface area (Å²) in [7, 11) is 3.96. The smallest absolute Gasteiger partial charge is 0.253 e. The van der Waals surface area contributed by atoms with Gasteiger partial charge in [-0.2, -0.15) is 0 Å². The highest BCUT2D eigenvalue weighted by atomic mass is 35.5. The molecule has 2 aromatic carbocycles. The molecule has 2 aromatic rings. The van der Waals surface area contributed by atoms with Crippen LogP contribution in [-0.4, -0.2) is 102 Å². The zero-order valence-corrected chi connectivity index (χ0v) is 24.0. The number of benzene rings is 2. The highest BCUT2D eigenvalue weighted by Gasteiger charge is 2.54. The molecule has 0 radical (unpaired) electrons. The van der Waals surface area contributed by atoms with E-state index in [4.69, 9.17) is 23.2 Å². The van der Waals surface area contributed by atoms with Gasteiger partial charge < -0.3 is 24.5 Å². The molecule has 0 saturated carbocycles. The molecule has 39 heavy (non-hydrogen) atoms. The van der Waals surface area contributed by atoms with Gasteiger partial charge >= 0.3 is 0 Å². The minimum atomic E-state index is -0.803. The molecule has 0 bridgehead atoms. The lowest BCUT2D eigenvalue weighted by molar-refractivity contribution is -0.141. The van der Waals surface area contributed by atoms with Crippen molar-refractivity contribution >= 4 is 46.6 Å². The topological polar surface area (TPSA) is 67.4 Å². The molecule has 5 rings (SSSR count). The molecule has 3 aliphatic rings. The lowest BCUT2D eigenvalue weighted by atomic mass is 9.85. The van der Waals surface area contributed by atoms with Crippen LogP contribution in [-0.2, 0) is 9.59 Å². The van der Waals surface area contributed by atoms with Crippen LogP contribution in [0.1, 0.15) is 36.0 Å². The van der Waals surface area contributed by atoms with E-state index in [-0.39, 0.29) is 30.3 Å². The Labute approximate surface area is 240 Å². The Balaban J connectivity index is 1.32. The van der Waals surface area contributed by atoms with Crippen molar-refractivity contribution in [3.05, 3.63) is 64.1 Å². The molecular formula is C29H35Cl2N5O3. The monoisotopic (exact) mass is 571 g/mol. The van der Waals surface area contributed by atoms with Gasteiger partial charge in [-0.25, -0.2) is 0 Å². The average Bonchev–Trinajstić information content (AvgIpc) is 3.21. The summed E-state index contributed by atoms with van der Waals surface area (Å²) in [6.45, 7) is 3.17. The Hall–Kier alpha value is -2.81. The van der Waals surface area contributed by atoms with Crippen molar-refractivity contribution in [3.63, 3.8) is 0 Å². The van der Waals surface area contributed by atoms with Crippen LogP contribution in [0.25, 0.3) is 0 Å². The number of para-hydroxylation sites is 1. The first-order chi connectivity index (χ1) is 18.7. The first-order valence-corrected chi connectivity index (χ1v) is 14.3. The summed E-state index contributed by atoms with van der Waals surface area (Å²) in [6, 6.07) is 14.9. The number of rotatable bonds is 5. The van der Waals surface area contributed by atoms with E-state index in [9.17, 15) is 14.4 Å². The van der Waals surface area contributed by atoms with Gasteiger partial charge in [-0.3, -0.25) is 14.4 Å². The van der Waals surface area contributed by atoms with Gasteiger partial charge in [0.15, 0.2) is 0 Å². The molecule has 0 aromatic heterocycles. The number of hydrogen-bond donors (Lipinski definition) is 0. The molecule has 208 valence electrons. The highest BCUT2D eigenvalue weighted by Crippen LogP contribution is 2.40. The van der Waals surface area contributed by atoms with Gasteiger partial charge in [0.1, 0.15) is 12.1 Å². The van der Waals surface area contributed by atoms with Crippen molar-refractivity contribution in [2.45, 2.75) is 37.3 Å². The predicted octanol–water partition coefficient (Wildman–Crippen LogP) is 3.83. The van der Waals surface area contributed by atoms with Crippen LogP contribution in [0.2, 0.25) is 10.0 Å². The molecule has 3 aliphatic heterocycles. The molecule has 10 heteroatoms. The Morgan fingerprint density at radius 2 is 1.64 bits per heavy atom. The third-order valence-electron chi connectivity index (χ3n) is 8.58. The predicted molar refractivity (Wildman–Crippen MR) is 153 cm³/mol. The largest absolute Gasteiger partial charge is 0.341 e. The number of amides is 3. The zero-order chi connectivity index (χ0) is 27.7. The van der Waals surface area contributed by atoms with E-state index in [1.165, 1.54) is 0 Å². The number of carbonyl (C=O) groups excluding carboxylic acids is 3. The molecular weight excluding hydrogens is 537 g/mol. The quantitative estimate of drug-likeness (QED) is 0.545. The van der Waals surface area contributed by atoms with Gasteiger partial charge in [-0.15, -0.1) is 0 Å². The molecule has 3 saturated heterocycles. The van der Waals surface area contributed by atoms with E-state index < -0.39 is 5.54 Å². The fourth-order valence-corrected chi connectivity index (χ4v) is 6.37. The lowest BCUT2D eigenvalue weighted by Gasteiger charge is -2.43. The van der Waals surface area contributed by atoms with Crippen LogP contribution in [0.15, 0.2) is 48.5 Å². The van der Waals surface area contributed by atoms with Gasteiger partial charge in [0.05, 0.1) is 16.7 Å². The number of carbonyl (C=O) groups is 3. The molecule has 0 atom stereocenters. The normalized spacial score (nSPS) is 20.1. The van der Waals surface area contributed by atoms with Crippen molar-refractivity contribution in [3.8, 4) is 0 Å². The number of nitrogens with zero attached hydrogens (tertiary/aromatic N) is 5. The summed E-state index contributed by atoms with van der Waals surface area (Å²) < 4.78 is 0. The maximum atomic E-state index is 14.0. The maximum absolute atomic E-state index is 14.0. The minimum Gasteiger partial charge on any atom is -0.341 e. The second kappa shape index (κ2) is 11.4. The van der Waals surface area contributed by atoms with Crippen LogP contribution >= 0.6 is 23.2 Å². The van der Waals surface area contributed by atoms with Crippen LogP contribution in [0.5, 0.6) is 0 Å². The third kappa shape index (κ3) is 5.47. The number of likely N-dealkylation sites (tertiary alicyclic amines) is 2. The fraction of sp³-hybridized carbons (Fsp3) is 0.483. The maximum Gasteiger partial charge on any atom is 0.253 e. The SMILES string of the molecule is CN1CCC(N(C)C(=O)CN2CN(c3ccccc3)C3(CCN(C(=O)c4ccc(Cl)c(Cl)c4)CC3)C2=O)CC1. The molecule has 3 heterocycles. The summed E-state index contributed by atoms with van der Waals surface area (Å²) in [5.41, 5.74) is 0.609. The van der Waals surface area contributed by atoms with Crippen molar-refractivity contribution < 1.29 is 14.4 Å². The second-order valence-corrected chi connectivity index (χ2v) is 11.7. The molecule has 0 unspecified atom stereocenters. The molecule has 3 amide bonds. The Bertz CT molecular complexity index is 1230. The van der Waals surface area contributed by atoms with Crippen LogP contribution in [0.3, 0.4) is 0 Å². The summed E-state index contributed by atoms with van der Waals surface area (Å²) >= 11 is 12.2. The van der Waals surface area contributed by atoms with Gasteiger partial charge in [-0.1, -0.05) is 41.4 Å². The van der Waals surface area contributed by atoms with E-state index >= 15 is 0 Å². The first-order valence-electron chi connectivity index (χ1n) is 13.5. The van der Waals surface area contributed by atoms with Crippen molar-refractivity contribution in [2.24, 2.45) is 0 Å². The fourth-order valence-electron chi connectivity index (χ4n) is 6.07. The van der Waals surface area contributed by atoms with E-state index in [0.29, 0.717) is 48.2 Å². The van der Waals surface area contributed by atoms with Crippen LogP contribution in [0.4, 0.5) is 5.69 Å². The molecule has 1 spiro atoms. The molecule has 0 aliphatic carbocycles. The average molecular weight is 573 g/mol. The Kier molecular flexibility index (Phi) is 8.08. The first kappa shape index (κ1) is 27.7. The summed E-state index contributed by atoms with van der Waals surface area (Å²) in [6.07, 6.45) is 2.83. The van der Waals surface area contributed by atoms with Gasteiger partial charge in [0, 0.05) is 37.4 Å². The van der Waals surface area contributed by atoms with Crippen molar-refractivity contribution in [2.75, 3.05) is 58.4 Å². The number of piperidine rings is 2. The number of likely N-dealkylation sites (N-methyl/N-ethyl adjacent to an activating group) is 1. The zero-order valence-electron chi connectivity index (χ0n) is 22.5. The summed E-state index contributed by atoms with van der Waals surface area (Å²) in [4.78, 5) is 50.3.